The minimum absolute atomic E-state index is 0.148. The third kappa shape index (κ3) is 6.31. The molecular weight excluding hydrogens is 400 g/mol. The first-order chi connectivity index (χ1) is 14.2. The van der Waals surface area contributed by atoms with E-state index in [0.717, 1.165) is 12.0 Å². The lowest BCUT2D eigenvalue weighted by molar-refractivity contribution is -0.122. The summed E-state index contributed by atoms with van der Waals surface area (Å²) in [5, 5.41) is 2.78. The van der Waals surface area contributed by atoms with Crippen molar-refractivity contribution in [3.63, 3.8) is 0 Å². The third-order valence-corrected chi connectivity index (χ3v) is 6.74. The highest BCUT2D eigenvalue weighted by Crippen LogP contribution is 2.29. The predicted molar refractivity (Wildman–Crippen MR) is 120 cm³/mol. The quantitative estimate of drug-likeness (QED) is 0.571. The van der Waals surface area contributed by atoms with Gasteiger partial charge in [0.15, 0.2) is 6.10 Å². The van der Waals surface area contributed by atoms with E-state index in [-0.39, 0.29) is 16.8 Å². The molecule has 0 radical (unpaired) electrons. The molecule has 2 N–H and O–H groups in total. The van der Waals surface area contributed by atoms with Crippen LogP contribution in [0.15, 0.2) is 53.4 Å². The van der Waals surface area contributed by atoms with Gasteiger partial charge in [0.25, 0.3) is 5.91 Å². The molecule has 0 bridgehead atoms. The van der Waals surface area contributed by atoms with E-state index < -0.39 is 16.1 Å². The molecule has 0 spiro atoms. The number of rotatable bonds is 10. The van der Waals surface area contributed by atoms with Crippen LogP contribution in [-0.4, -0.2) is 26.5 Å². The maximum absolute atomic E-state index is 12.6. The molecule has 1 amide bonds. The smallest absolute Gasteiger partial charge is 0.265 e. The average molecular weight is 433 g/mol. The lowest BCUT2D eigenvalue weighted by Crippen LogP contribution is -2.32. The molecule has 0 fully saturated rings. The van der Waals surface area contributed by atoms with Gasteiger partial charge in [0.2, 0.25) is 10.0 Å². The summed E-state index contributed by atoms with van der Waals surface area (Å²) in [6.07, 6.45) is 0.971. The highest BCUT2D eigenvalue weighted by Gasteiger charge is 2.19. The van der Waals surface area contributed by atoms with Crippen LogP contribution in [0.3, 0.4) is 0 Å². The van der Waals surface area contributed by atoms with Crippen LogP contribution in [0.25, 0.3) is 0 Å². The molecule has 0 heterocycles. The second-order valence-corrected chi connectivity index (χ2v) is 9.27. The first kappa shape index (κ1) is 23.9. The Hall–Kier alpha value is -2.38. The Morgan fingerprint density at radius 2 is 1.60 bits per heavy atom. The number of para-hydroxylation sites is 1. The van der Waals surface area contributed by atoms with Crippen LogP contribution >= 0.6 is 0 Å². The normalized spacial score (nSPS) is 14.6. The van der Waals surface area contributed by atoms with Crippen molar-refractivity contribution in [2.24, 2.45) is 0 Å². The Bertz CT molecular complexity index is 942. The summed E-state index contributed by atoms with van der Waals surface area (Å²) in [4.78, 5) is 12.7. The van der Waals surface area contributed by atoms with Gasteiger partial charge in [-0.25, -0.2) is 13.1 Å². The molecular formula is C23H32N2O4S. The molecule has 30 heavy (non-hydrogen) atoms. The number of nitrogens with one attached hydrogen (secondary N) is 2. The summed E-state index contributed by atoms with van der Waals surface area (Å²) in [5.41, 5.74) is 1.58. The van der Waals surface area contributed by atoms with E-state index in [1.54, 1.807) is 19.1 Å². The molecule has 0 aliphatic rings. The molecule has 2 aromatic rings. The van der Waals surface area contributed by atoms with E-state index in [2.05, 4.69) is 23.9 Å². The first-order valence-corrected chi connectivity index (χ1v) is 11.8. The molecule has 3 unspecified atom stereocenters. The van der Waals surface area contributed by atoms with Crippen LogP contribution in [0.1, 0.15) is 58.9 Å². The molecule has 2 aromatic carbocycles. The zero-order valence-corrected chi connectivity index (χ0v) is 19.1. The third-order valence-electron chi connectivity index (χ3n) is 5.14. The van der Waals surface area contributed by atoms with Crippen molar-refractivity contribution in [3.05, 3.63) is 54.1 Å². The van der Waals surface area contributed by atoms with Crippen LogP contribution in [0.2, 0.25) is 0 Å². The number of ether oxygens (including phenoxy) is 1. The van der Waals surface area contributed by atoms with Crippen molar-refractivity contribution in [1.82, 2.24) is 4.72 Å². The van der Waals surface area contributed by atoms with Gasteiger partial charge in [-0.15, -0.1) is 0 Å². The van der Waals surface area contributed by atoms with Crippen LogP contribution in [0, 0.1) is 0 Å². The van der Waals surface area contributed by atoms with Gasteiger partial charge >= 0.3 is 0 Å². The Balaban J connectivity index is 2.04. The average Bonchev–Trinajstić information content (AvgIpc) is 2.73. The molecule has 0 saturated heterocycles. The second kappa shape index (κ2) is 10.6. The van der Waals surface area contributed by atoms with Gasteiger partial charge < -0.3 is 10.1 Å². The van der Waals surface area contributed by atoms with Gasteiger partial charge in [0.05, 0.1) is 4.90 Å². The Labute approximate surface area is 180 Å². The van der Waals surface area contributed by atoms with Crippen molar-refractivity contribution in [2.45, 2.75) is 70.4 Å². The SMILES string of the molecule is CCC(C)NS(=O)(=O)c1ccc(NC(=O)C(C)Oc2ccccc2C(C)CC)cc1. The lowest BCUT2D eigenvalue weighted by atomic mass is 9.98. The number of hydrogen-bond acceptors (Lipinski definition) is 4. The summed E-state index contributed by atoms with van der Waals surface area (Å²) in [6, 6.07) is 13.7. The largest absolute Gasteiger partial charge is 0.481 e. The monoisotopic (exact) mass is 432 g/mol. The fourth-order valence-electron chi connectivity index (χ4n) is 2.84. The van der Waals surface area contributed by atoms with Crippen molar-refractivity contribution in [2.75, 3.05) is 5.32 Å². The van der Waals surface area contributed by atoms with Crippen molar-refractivity contribution >= 4 is 21.6 Å². The molecule has 7 heteroatoms. The fraction of sp³-hybridized carbons (Fsp3) is 0.435. The van der Waals surface area contributed by atoms with E-state index in [1.165, 1.54) is 12.1 Å². The van der Waals surface area contributed by atoms with E-state index >= 15 is 0 Å². The number of sulfonamides is 1. The summed E-state index contributed by atoms with van der Waals surface area (Å²) >= 11 is 0. The van der Waals surface area contributed by atoms with E-state index in [9.17, 15) is 13.2 Å². The second-order valence-electron chi connectivity index (χ2n) is 7.55. The Morgan fingerprint density at radius 3 is 2.20 bits per heavy atom. The van der Waals surface area contributed by atoms with Crippen molar-refractivity contribution in [1.29, 1.82) is 0 Å². The maximum atomic E-state index is 12.6. The van der Waals surface area contributed by atoms with E-state index in [1.807, 2.05) is 38.1 Å². The van der Waals surface area contributed by atoms with Crippen molar-refractivity contribution in [3.8, 4) is 5.75 Å². The molecule has 164 valence electrons. The predicted octanol–water partition coefficient (Wildman–Crippen LogP) is 4.68. The number of benzene rings is 2. The summed E-state index contributed by atoms with van der Waals surface area (Å²) in [6.45, 7) is 9.65. The molecule has 0 aliphatic carbocycles. The number of hydrogen-bond donors (Lipinski definition) is 2. The fourth-order valence-corrected chi connectivity index (χ4v) is 4.16. The van der Waals surface area contributed by atoms with Crippen molar-refractivity contribution < 1.29 is 17.9 Å². The van der Waals surface area contributed by atoms with Crippen LogP contribution < -0.4 is 14.8 Å². The van der Waals surface area contributed by atoms with Gasteiger partial charge in [0, 0.05) is 11.7 Å². The zero-order chi connectivity index (χ0) is 22.3. The van der Waals surface area contributed by atoms with Crippen LogP contribution in [-0.2, 0) is 14.8 Å². The summed E-state index contributed by atoms with van der Waals surface area (Å²) in [7, 11) is -3.58. The first-order valence-electron chi connectivity index (χ1n) is 10.4. The number of carbonyl (C=O) groups excluding carboxylic acids is 1. The lowest BCUT2D eigenvalue weighted by Gasteiger charge is -2.19. The maximum Gasteiger partial charge on any atom is 0.265 e. The van der Waals surface area contributed by atoms with Gasteiger partial charge in [-0.3, -0.25) is 4.79 Å². The highest BCUT2D eigenvalue weighted by atomic mass is 32.2. The van der Waals surface area contributed by atoms with E-state index in [0.29, 0.717) is 23.8 Å². The Kier molecular flexibility index (Phi) is 8.43. The summed E-state index contributed by atoms with van der Waals surface area (Å²) < 4.78 is 33.2. The van der Waals surface area contributed by atoms with E-state index in [4.69, 9.17) is 4.74 Å². The molecule has 0 aliphatic heterocycles. The minimum atomic E-state index is -3.58. The van der Waals surface area contributed by atoms with Crippen LogP contribution in [0.4, 0.5) is 5.69 Å². The van der Waals surface area contributed by atoms with Gasteiger partial charge in [-0.1, -0.05) is 39.0 Å². The molecule has 0 aromatic heterocycles. The van der Waals surface area contributed by atoms with Crippen LogP contribution in [0.5, 0.6) is 5.75 Å². The molecule has 0 saturated carbocycles. The highest BCUT2D eigenvalue weighted by molar-refractivity contribution is 7.89. The molecule has 6 nitrogen and oxygen atoms in total. The van der Waals surface area contributed by atoms with Gasteiger partial charge in [0.1, 0.15) is 5.75 Å². The summed E-state index contributed by atoms with van der Waals surface area (Å²) in [5.74, 6) is 0.726. The number of amides is 1. The Morgan fingerprint density at radius 1 is 0.967 bits per heavy atom. The molecule has 3 atom stereocenters. The molecule has 2 rings (SSSR count). The standard InChI is InChI=1S/C23H32N2O4S/c1-6-16(3)21-10-8-9-11-22(21)29-18(5)23(26)24-19-12-14-20(15-13-19)30(27,28)25-17(4)7-2/h8-18,25H,6-7H2,1-5H3,(H,24,26). The number of carbonyl (C=O) groups is 1. The topological polar surface area (TPSA) is 84.5 Å². The van der Waals surface area contributed by atoms with Gasteiger partial charge in [-0.05, 0) is 68.5 Å². The van der Waals surface area contributed by atoms with Gasteiger partial charge in [-0.2, -0.15) is 0 Å². The number of anilines is 1. The minimum Gasteiger partial charge on any atom is -0.481 e. The zero-order valence-electron chi connectivity index (χ0n) is 18.3.